The zero-order valence-electron chi connectivity index (χ0n) is 12.1. The highest BCUT2D eigenvalue weighted by Gasteiger charge is 2.31. The third-order valence-corrected chi connectivity index (χ3v) is 5.40. The van der Waals surface area contributed by atoms with Gasteiger partial charge in [0, 0.05) is 25.2 Å². The van der Waals surface area contributed by atoms with Gasteiger partial charge in [-0.05, 0) is 32.0 Å². The van der Waals surface area contributed by atoms with Crippen molar-refractivity contribution >= 4 is 21.6 Å². The molecule has 2 unspecified atom stereocenters. The van der Waals surface area contributed by atoms with Crippen molar-refractivity contribution in [2.24, 2.45) is 0 Å². The topological polar surface area (TPSA) is 58.6 Å². The van der Waals surface area contributed by atoms with Crippen LogP contribution < -0.4 is 10.1 Å². The Morgan fingerprint density at radius 2 is 1.91 bits per heavy atom. The number of ether oxygens (including phenoxy) is 1. The van der Waals surface area contributed by atoms with Gasteiger partial charge in [0.05, 0.1) is 9.92 Å². The first-order valence-electron chi connectivity index (χ1n) is 6.70. The first-order chi connectivity index (χ1) is 10.2. The molecule has 1 heterocycles. The minimum absolute atomic E-state index is 0.0236. The first-order valence-corrected chi connectivity index (χ1v) is 8.52. The van der Waals surface area contributed by atoms with E-state index in [2.05, 4.69) is 10.1 Å². The van der Waals surface area contributed by atoms with Crippen molar-refractivity contribution in [2.75, 3.05) is 13.1 Å². The average molecular weight is 355 g/mol. The van der Waals surface area contributed by atoms with Gasteiger partial charge in [0.2, 0.25) is 10.0 Å². The third kappa shape index (κ3) is 3.87. The van der Waals surface area contributed by atoms with Crippen LogP contribution in [0.5, 0.6) is 5.75 Å². The van der Waals surface area contributed by atoms with Crippen molar-refractivity contribution in [2.45, 2.75) is 37.4 Å². The lowest BCUT2D eigenvalue weighted by atomic mass is 10.2. The van der Waals surface area contributed by atoms with E-state index >= 15 is 0 Å². The summed E-state index contributed by atoms with van der Waals surface area (Å²) in [5.41, 5.74) is 0. The summed E-state index contributed by atoms with van der Waals surface area (Å²) in [6.45, 7) is 1.43. The summed E-state index contributed by atoms with van der Waals surface area (Å²) < 4.78 is 55.2. The van der Waals surface area contributed by atoms with Crippen LogP contribution in [-0.2, 0) is 10.0 Å². The molecule has 0 radical (unpaired) electrons. The molecule has 124 valence electrons. The molecule has 1 aromatic rings. The normalized spacial score (nSPS) is 23.7. The van der Waals surface area contributed by atoms with Crippen LogP contribution in [0.25, 0.3) is 0 Å². The summed E-state index contributed by atoms with van der Waals surface area (Å²) >= 11 is 5.82. The quantitative estimate of drug-likeness (QED) is 0.901. The average Bonchev–Trinajstić information content (AvgIpc) is 2.39. The molecule has 0 aromatic heterocycles. The molecule has 0 saturated carbocycles. The Kier molecular flexibility index (Phi) is 5.26. The lowest BCUT2D eigenvalue weighted by Gasteiger charge is -2.35. The van der Waals surface area contributed by atoms with Crippen molar-refractivity contribution in [3.63, 3.8) is 0 Å². The van der Waals surface area contributed by atoms with Crippen molar-refractivity contribution in [1.29, 1.82) is 0 Å². The van der Waals surface area contributed by atoms with Crippen LogP contribution in [0.3, 0.4) is 0 Å². The Balaban J connectivity index is 2.28. The van der Waals surface area contributed by atoms with Crippen LogP contribution in [0.4, 0.5) is 8.78 Å². The Labute approximate surface area is 133 Å². The number of benzene rings is 1. The Hall–Kier alpha value is -0.960. The van der Waals surface area contributed by atoms with E-state index in [4.69, 9.17) is 11.6 Å². The van der Waals surface area contributed by atoms with Crippen molar-refractivity contribution < 1.29 is 21.9 Å². The lowest BCUT2D eigenvalue weighted by Crippen LogP contribution is -2.55. The number of hydrogen-bond donors (Lipinski definition) is 1. The minimum atomic E-state index is -3.73. The Morgan fingerprint density at radius 3 is 2.41 bits per heavy atom. The second kappa shape index (κ2) is 6.66. The highest BCUT2D eigenvalue weighted by molar-refractivity contribution is 7.89. The van der Waals surface area contributed by atoms with Gasteiger partial charge in [-0.3, -0.25) is 0 Å². The Bertz CT molecular complexity index is 632. The fraction of sp³-hybridized carbons (Fsp3) is 0.538. The molecule has 22 heavy (non-hydrogen) atoms. The van der Waals surface area contributed by atoms with Crippen molar-refractivity contribution in [3.05, 3.63) is 23.2 Å². The predicted octanol–water partition coefficient (Wildman–Crippen LogP) is 2.31. The van der Waals surface area contributed by atoms with Gasteiger partial charge in [-0.2, -0.15) is 13.1 Å². The van der Waals surface area contributed by atoms with E-state index in [0.717, 1.165) is 12.1 Å². The molecule has 1 aliphatic rings. The summed E-state index contributed by atoms with van der Waals surface area (Å²) in [7, 11) is -3.73. The second-order valence-corrected chi connectivity index (χ2v) is 7.61. The monoisotopic (exact) mass is 354 g/mol. The summed E-state index contributed by atoms with van der Waals surface area (Å²) in [6.07, 6.45) is 0. The molecule has 0 spiro atoms. The molecule has 2 rings (SSSR count). The molecule has 1 aliphatic heterocycles. The molecule has 1 aromatic carbocycles. The van der Waals surface area contributed by atoms with Crippen LogP contribution in [0, 0.1) is 0 Å². The van der Waals surface area contributed by atoms with Gasteiger partial charge in [-0.15, -0.1) is 0 Å². The molecule has 0 aliphatic carbocycles. The maximum absolute atomic E-state index is 12.6. The fourth-order valence-electron chi connectivity index (χ4n) is 2.46. The van der Waals surface area contributed by atoms with Crippen LogP contribution in [-0.4, -0.2) is 44.5 Å². The molecule has 1 fully saturated rings. The standard InChI is InChI=1S/C13H17ClF2N2O3S/c1-8-6-18(7-9(2)17-8)22(19,20)10-3-4-12(11(14)5-10)21-13(15)16/h3-5,8-9,13,17H,6-7H2,1-2H3. The summed E-state index contributed by atoms with van der Waals surface area (Å²) in [6, 6.07) is 3.53. The van der Waals surface area contributed by atoms with E-state index in [1.807, 2.05) is 13.8 Å². The third-order valence-electron chi connectivity index (χ3n) is 3.28. The minimum Gasteiger partial charge on any atom is -0.433 e. The molecule has 9 heteroatoms. The van der Waals surface area contributed by atoms with Crippen LogP contribution in [0.1, 0.15) is 13.8 Å². The smallest absolute Gasteiger partial charge is 0.387 e. The summed E-state index contributed by atoms with van der Waals surface area (Å²) in [5.74, 6) is -0.252. The van der Waals surface area contributed by atoms with E-state index < -0.39 is 16.6 Å². The van der Waals surface area contributed by atoms with Gasteiger partial charge in [-0.1, -0.05) is 11.6 Å². The highest BCUT2D eigenvalue weighted by Crippen LogP contribution is 2.30. The van der Waals surface area contributed by atoms with Gasteiger partial charge >= 0.3 is 6.61 Å². The fourth-order valence-corrected chi connectivity index (χ4v) is 4.39. The molecule has 2 atom stereocenters. The van der Waals surface area contributed by atoms with E-state index in [1.54, 1.807) is 0 Å². The van der Waals surface area contributed by atoms with Gasteiger partial charge in [-0.25, -0.2) is 8.42 Å². The summed E-state index contributed by atoms with van der Waals surface area (Å²) in [4.78, 5) is -0.0413. The number of piperazine rings is 1. The van der Waals surface area contributed by atoms with Gasteiger partial charge in [0.1, 0.15) is 5.75 Å². The number of rotatable bonds is 4. The van der Waals surface area contributed by atoms with E-state index in [-0.39, 0.29) is 27.8 Å². The first kappa shape index (κ1) is 17.4. The Morgan fingerprint density at radius 1 is 1.32 bits per heavy atom. The SMILES string of the molecule is CC1CN(S(=O)(=O)c2ccc(OC(F)F)c(Cl)c2)CC(C)N1. The summed E-state index contributed by atoms with van der Waals surface area (Å²) in [5, 5.41) is 3.07. The molecule has 0 amide bonds. The number of nitrogens with one attached hydrogen (secondary N) is 1. The molecule has 0 bridgehead atoms. The number of halogens is 3. The molecule has 1 saturated heterocycles. The second-order valence-electron chi connectivity index (χ2n) is 5.26. The lowest BCUT2D eigenvalue weighted by molar-refractivity contribution is -0.0498. The van der Waals surface area contributed by atoms with Crippen LogP contribution >= 0.6 is 11.6 Å². The number of nitrogens with zero attached hydrogens (tertiary/aromatic N) is 1. The largest absolute Gasteiger partial charge is 0.433 e. The van der Waals surface area contributed by atoms with E-state index in [0.29, 0.717) is 13.1 Å². The van der Waals surface area contributed by atoms with Crippen molar-refractivity contribution in [3.8, 4) is 5.75 Å². The van der Waals surface area contributed by atoms with Gasteiger partial charge in [0.15, 0.2) is 0 Å². The van der Waals surface area contributed by atoms with Crippen molar-refractivity contribution in [1.82, 2.24) is 9.62 Å². The maximum Gasteiger partial charge on any atom is 0.387 e. The maximum atomic E-state index is 12.6. The van der Waals surface area contributed by atoms with Gasteiger partial charge in [0.25, 0.3) is 0 Å². The zero-order valence-corrected chi connectivity index (χ0v) is 13.7. The highest BCUT2D eigenvalue weighted by atomic mass is 35.5. The molecular weight excluding hydrogens is 338 g/mol. The molecular formula is C13H17ClF2N2O3S. The number of alkyl halides is 2. The zero-order chi connectivity index (χ0) is 16.5. The van der Waals surface area contributed by atoms with Crippen LogP contribution in [0.15, 0.2) is 23.1 Å². The molecule has 5 nitrogen and oxygen atoms in total. The van der Waals surface area contributed by atoms with Crippen LogP contribution in [0.2, 0.25) is 5.02 Å². The number of hydrogen-bond acceptors (Lipinski definition) is 4. The number of sulfonamides is 1. The van der Waals surface area contributed by atoms with E-state index in [1.165, 1.54) is 10.4 Å². The predicted molar refractivity (Wildman–Crippen MR) is 78.9 cm³/mol. The van der Waals surface area contributed by atoms with Gasteiger partial charge < -0.3 is 10.1 Å². The van der Waals surface area contributed by atoms with E-state index in [9.17, 15) is 17.2 Å². The molecule has 1 N–H and O–H groups in total.